The highest BCUT2D eigenvalue weighted by Gasteiger charge is 2.33. The van der Waals surface area contributed by atoms with Gasteiger partial charge in [-0.1, -0.05) is 6.92 Å². The van der Waals surface area contributed by atoms with E-state index in [0.717, 1.165) is 0 Å². The number of ether oxygens (including phenoxy) is 1. The van der Waals surface area contributed by atoms with Crippen molar-refractivity contribution >= 4 is 23.8 Å². The molecule has 1 saturated heterocycles. The van der Waals surface area contributed by atoms with Crippen LogP contribution in [-0.2, 0) is 9.53 Å². The maximum atomic E-state index is 12.4. The molecule has 2 atom stereocenters. The Bertz CT molecular complexity index is 389. The lowest BCUT2D eigenvalue weighted by Crippen LogP contribution is -2.48. The van der Waals surface area contributed by atoms with Gasteiger partial charge in [0.05, 0.1) is 5.41 Å². The minimum Gasteiger partial charge on any atom is -0.444 e. The SMILES string of the molecule is CC[C@](C)(CNC(=O)OC(C)(C)C)C(=O)NC[C@H]1CCCS1. The van der Waals surface area contributed by atoms with Crippen LogP contribution in [0, 0.1) is 5.41 Å². The Labute approximate surface area is 138 Å². The molecule has 5 nitrogen and oxygen atoms in total. The maximum absolute atomic E-state index is 12.4. The Morgan fingerprint density at radius 3 is 2.41 bits per heavy atom. The van der Waals surface area contributed by atoms with Gasteiger partial charge in [0.15, 0.2) is 0 Å². The van der Waals surface area contributed by atoms with E-state index in [4.69, 9.17) is 4.74 Å². The number of alkyl carbamates (subject to hydrolysis) is 1. The molecule has 0 spiro atoms. The fraction of sp³-hybridized carbons (Fsp3) is 0.875. The first-order valence-corrected chi connectivity index (χ1v) is 9.08. The average Bonchev–Trinajstić information content (AvgIpc) is 2.93. The molecule has 2 amide bonds. The molecule has 6 heteroatoms. The molecule has 0 aromatic rings. The number of thioether (sulfide) groups is 1. The lowest BCUT2D eigenvalue weighted by atomic mass is 9.86. The van der Waals surface area contributed by atoms with Gasteiger partial charge in [-0.05, 0) is 52.7 Å². The van der Waals surface area contributed by atoms with Crippen molar-refractivity contribution < 1.29 is 14.3 Å². The first kappa shape index (κ1) is 19.1. The number of rotatable bonds is 6. The Hall–Kier alpha value is -0.910. The summed E-state index contributed by atoms with van der Waals surface area (Å²) in [6, 6.07) is 0. The molecule has 0 unspecified atom stereocenters. The van der Waals surface area contributed by atoms with Gasteiger partial charge in [0.1, 0.15) is 5.60 Å². The van der Waals surface area contributed by atoms with Gasteiger partial charge < -0.3 is 15.4 Å². The fourth-order valence-electron chi connectivity index (χ4n) is 2.17. The van der Waals surface area contributed by atoms with E-state index in [1.807, 2.05) is 46.4 Å². The third kappa shape index (κ3) is 6.46. The molecular weight excluding hydrogens is 300 g/mol. The summed E-state index contributed by atoms with van der Waals surface area (Å²) in [5.74, 6) is 1.18. The van der Waals surface area contributed by atoms with Crippen molar-refractivity contribution in [3.63, 3.8) is 0 Å². The largest absolute Gasteiger partial charge is 0.444 e. The molecule has 1 aliphatic heterocycles. The van der Waals surface area contributed by atoms with Gasteiger partial charge in [0.2, 0.25) is 5.91 Å². The number of hydrogen-bond acceptors (Lipinski definition) is 4. The normalized spacial score (nSPS) is 21.0. The number of carbonyl (C=O) groups is 2. The first-order valence-electron chi connectivity index (χ1n) is 8.03. The first-order chi connectivity index (χ1) is 10.2. The standard InChI is InChI=1S/C16H30N2O3S/c1-6-16(5,11-18-14(20)21-15(2,3)4)13(19)17-10-12-8-7-9-22-12/h12H,6-11H2,1-5H3,(H,17,19)(H,18,20)/t12-,16-/m1/s1. The number of carbonyl (C=O) groups excluding carboxylic acids is 2. The van der Waals surface area contributed by atoms with Crippen molar-refractivity contribution in [1.29, 1.82) is 0 Å². The lowest BCUT2D eigenvalue weighted by Gasteiger charge is -2.28. The number of hydrogen-bond donors (Lipinski definition) is 2. The van der Waals surface area contributed by atoms with Crippen LogP contribution in [0.25, 0.3) is 0 Å². The summed E-state index contributed by atoms with van der Waals surface area (Å²) < 4.78 is 5.21. The number of amides is 2. The van der Waals surface area contributed by atoms with Crippen LogP contribution in [0.5, 0.6) is 0 Å². The van der Waals surface area contributed by atoms with Gasteiger partial charge in [0.25, 0.3) is 0 Å². The second-order valence-corrected chi connectivity index (χ2v) is 8.52. The molecule has 0 aromatic carbocycles. The molecule has 2 N–H and O–H groups in total. The zero-order valence-electron chi connectivity index (χ0n) is 14.5. The summed E-state index contributed by atoms with van der Waals surface area (Å²) in [6.07, 6.45) is 2.58. The van der Waals surface area contributed by atoms with Crippen molar-refractivity contribution in [3.05, 3.63) is 0 Å². The molecular formula is C16H30N2O3S. The van der Waals surface area contributed by atoms with E-state index in [9.17, 15) is 9.59 Å². The Morgan fingerprint density at radius 2 is 1.91 bits per heavy atom. The third-order valence-electron chi connectivity index (χ3n) is 3.86. The lowest BCUT2D eigenvalue weighted by molar-refractivity contribution is -0.130. The van der Waals surface area contributed by atoms with Crippen molar-refractivity contribution in [1.82, 2.24) is 10.6 Å². The van der Waals surface area contributed by atoms with E-state index in [-0.39, 0.29) is 12.5 Å². The van der Waals surface area contributed by atoms with Crippen molar-refractivity contribution in [2.24, 2.45) is 5.41 Å². The predicted octanol–water partition coefficient (Wildman–Crippen LogP) is 2.94. The van der Waals surface area contributed by atoms with Crippen LogP contribution < -0.4 is 10.6 Å². The Kier molecular flexibility index (Phi) is 7.03. The smallest absolute Gasteiger partial charge is 0.407 e. The zero-order chi connectivity index (χ0) is 16.8. The van der Waals surface area contributed by atoms with Crippen molar-refractivity contribution in [3.8, 4) is 0 Å². The van der Waals surface area contributed by atoms with Gasteiger partial charge in [-0.3, -0.25) is 4.79 Å². The quantitative estimate of drug-likeness (QED) is 0.786. The van der Waals surface area contributed by atoms with E-state index < -0.39 is 17.1 Å². The van der Waals surface area contributed by atoms with Crippen LogP contribution in [-0.4, -0.2) is 41.7 Å². The van der Waals surface area contributed by atoms with E-state index in [1.54, 1.807) is 0 Å². The van der Waals surface area contributed by atoms with Gasteiger partial charge in [-0.15, -0.1) is 0 Å². The Balaban J connectivity index is 2.44. The molecule has 1 fully saturated rings. The predicted molar refractivity (Wildman–Crippen MR) is 91.1 cm³/mol. The summed E-state index contributed by atoms with van der Waals surface area (Å²) >= 11 is 1.92. The van der Waals surface area contributed by atoms with Crippen LogP contribution in [0.15, 0.2) is 0 Å². The molecule has 1 rings (SSSR count). The van der Waals surface area contributed by atoms with Crippen LogP contribution in [0.4, 0.5) is 4.79 Å². The molecule has 0 bridgehead atoms. The summed E-state index contributed by atoms with van der Waals surface area (Å²) in [4.78, 5) is 24.2. The number of nitrogens with one attached hydrogen (secondary N) is 2. The summed E-state index contributed by atoms with van der Waals surface area (Å²) in [5.41, 5.74) is -1.14. The highest BCUT2D eigenvalue weighted by molar-refractivity contribution is 8.00. The molecule has 0 saturated carbocycles. The molecule has 128 valence electrons. The fourth-order valence-corrected chi connectivity index (χ4v) is 3.37. The van der Waals surface area contributed by atoms with Crippen LogP contribution in [0.3, 0.4) is 0 Å². The molecule has 0 aromatic heterocycles. The second kappa shape index (κ2) is 8.09. The van der Waals surface area contributed by atoms with Gasteiger partial charge in [0, 0.05) is 18.3 Å². The molecule has 22 heavy (non-hydrogen) atoms. The highest BCUT2D eigenvalue weighted by atomic mass is 32.2. The van der Waals surface area contributed by atoms with Crippen LogP contribution in [0.2, 0.25) is 0 Å². The zero-order valence-corrected chi connectivity index (χ0v) is 15.3. The molecule has 1 aliphatic rings. The summed E-state index contributed by atoms with van der Waals surface area (Å²) in [7, 11) is 0. The van der Waals surface area contributed by atoms with E-state index >= 15 is 0 Å². The van der Waals surface area contributed by atoms with Gasteiger partial charge in [-0.2, -0.15) is 11.8 Å². The van der Waals surface area contributed by atoms with Gasteiger partial charge >= 0.3 is 6.09 Å². The van der Waals surface area contributed by atoms with E-state index in [1.165, 1.54) is 18.6 Å². The minimum atomic E-state index is -0.611. The minimum absolute atomic E-state index is 0.00133. The highest BCUT2D eigenvalue weighted by Crippen LogP contribution is 2.26. The molecule has 1 heterocycles. The van der Waals surface area contributed by atoms with E-state index in [2.05, 4.69) is 10.6 Å². The van der Waals surface area contributed by atoms with Crippen molar-refractivity contribution in [2.75, 3.05) is 18.8 Å². The monoisotopic (exact) mass is 330 g/mol. The Morgan fingerprint density at radius 1 is 1.23 bits per heavy atom. The van der Waals surface area contributed by atoms with Gasteiger partial charge in [-0.25, -0.2) is 4.79 Å². The van der Waals surface area contributed by atoms with Crippen molar-refractivity contribution in [2.45, 2.75) is 64.7 Å². The third-order valence-corrected chi connectivity index (χ3v) is 5.26. The molecule has 0 aliphatic carbocycles. The van der Waals surface area contributed by atoms with Crippen LogP contribution >= 0.6 is 11.8 Å². The topological polar surface area (TPSA) is 67.4 Å². The maximum Gasteiger partial charge on any atom is 0.407 e. The summed E-state index contributed by atoms with van der Waals surface area (Å²) in [6.45, 7) is 10.3. The van der Waals surface area contributed by atoms with Crippen LogP contribution in [0.1, 0.15) is 53.9 Å². The second-order valence-electron chi connectivity index (χ2n) is 7.11. The average molecular weight is 330 g/mol. The molecule has 0 radical (unpaired) electrons. The summed E-state index contributed by atoms with van der Waals surface area (Å²) in [5, 5.41) is 6.28. The van der Waals surface area contributed by atoms with E-state index in [0.29, 0.717) is 18.2 Å².